The maximum Gasteiger partial charge on any atom is 0.118 e. The van der Waals surface area contributed by atoms with Gasteiger partial charge in [0.15, 0.2) is 0 Å². The number of nitrogens with zero attached hydrogens (tertiary/aromatic N) is 3. The van der Waals surface area contributed by atoms with E-state index in [4.69, 9.17) is 4.74 Å². The highest BCUT2D eigenvalue weighted by Gasteiger charge is 2.21. The Kier molecular flexibility index (Phi) is 7.25. The fraction of sp³-hybridized carbons (Fsp3) is 0.522. The SMILES string of the molecule is COc1ccc(CCN2CCC[C@@H](CN(C)Cc3cccc(C)n3)C2)cc1. The summed E-state index contributed by atoms with van der Waals surface area (Å²) in [5.41, 5.74) is 3.66. The first-order chi connectivity index (χ1) is 13.1. The molecule has 1 aliphatic rings. The van der Waals surface area contributed by atoms with Gasteiger partial charge in [0, 0.05) is 31.9 Å². The second-order valence-electron chi connectivity index (χ2n) is 7.87. The number of aromatic nitrogens is 1. The molecule has 2 heterocycles. The van der Waals surface area contributed by atoms with Gasteiger partial charge in [0.25, 0.3) is 0 Å². The third-order valence-electron chi connectivity index (χ3n) is 5.43. The Hall–Kier alpha value is -1.91. The zero-order chi connectivity index (χ0) is 19.1. The quantitative estimate of drug-likeness (QED) is 0.710. The van der Waals surface area contributed by atoms with Gasteiger partial charge in [-0.25, -0.2) is 0 Å². The van der Waals surface area contributed by atoms with Crippen molar-refractivity contribution in [2.24, 2.45) is 5.92 Å². The van der Waals surface area contributed by atoms with Gasteiger partial charge in [-0.3, -0.25) is 4.98 Å². The van der Waals surface area contributed by atoms with Crippen LogP contribution in [0.1, 0.15) is 29.8 Å². The highest BCUT2D eigenvalue weighted by atomic mass is 16.5. The van der Waals surface area contributed by atoms with E-state index < -0.39 is 0 Å². The summed E-state index contributed by atoms with van der Waals surface area (Å²) in [4.78, 5) is 9.70. The molecule has 3 rings (SSSR count). The summed E-state index contributed by atoms with van der Waals surface area (Å²) in [6.07, 6.45) is 3.76. The lowest BCUT2D eigenvalue weighted by molar-refractivity contribution is 0.142. The minimum atomic E-state index is 0.754. The molecular weight excluding hydrogens is 334 g/mol. The van der Waals surface area contributed by atoms with Crippen LogP contribution in [0.4, 0.5) is 0 Å². The molecule has 1 atom stereocenters. The molecular formula is C23H33N3O. The minimum absolute atomic E-state index is 0.754. The third-order valence-corrected chi connectivity index (χ3v) is 5.43. The highest BCUT2D eigenvalue weighted by molar-refractivity contribution is 5.27. The van der Waals surface area contributed by atoms with Crippen LogP contribution in [0.25, 0.3) is 0 Å². The van der Waals surface area contributed by atoms with Crippen LogP contribution in [0.2, 0.25) is 0 Å². The number of likely N-dealkylation sites (tertiary alicyclic amines) is 1. The van der Waals surface area contributed by atoms with Gasteiger partial charge < -0.3 is 14.5 Å². The second-order valence-corrected chi connectivity index (χ2v) is 7.87. The number of aryl methyl sites for hydroxylation is 1. The van der Waals surface area contributed by atoms with E-state index in [1.165, 1.54) is 37.2 Å². The Morgan fingerprint density at radius 3 is 2.74 bits per heavy atom. The number of hydrogen-bond donors (Lipinski definition) is 0. The van der Waals surface area contributed by atoms with Crippen molar-refractivity contribution in [3.8, 4) is 5.75 Å². The molecule has 0 amide bonds. The van der Waals surface area contributed by atoms with Gasteiger partial charge in [0.05, 0.1) is 12.8 Å². The Labute approximate surface area is 164 Å². The van der Waals surface area contributed by atoms with Crippen molar-refractivity contribution >= 4 is 0 Å². The smallest absolute Gasteiger partial charge is 0.118 e. The van der Waals surface area contributed by atoms with Crippen molar-refractivity contribution < 1.29 is 4.74 Å². The molecule has 1 aliphatic heterocycles. The summed E-state index contributed by atoms with van der Waals surface area (Å²) in [5, 5.41) is 0. The molecule has 0 unspecified atom stereocenters. The van der Waals surface area contributed by atoms with E-state index in [0.29, 0.717) is 0 Å². The summed E-state index contributed by atoms with van der Waals surface area (Å²) >= 11 is 0. The van der Waals surface area contributed by atoms with Crippen LogP contribution in [0, 0.1) is 12.8 Å². The van der Waals surface area contributed by atoms with Crippen LogP contribution < -0.4 is 4.74 Å². The molecule has 0 N–H and O–H groups in total. The molecule has 1 aromatic heterocycles. The van der Waals surface area contributed by atoms with Gasteiger partial charge in [0.1, 0.15) is 5.75 Å². The van der Waals surface area contributed by atoms with Gasteiger partial charge in [-0.15, -0.1) is 0 Å². The van der Waals surface area contributed by atoms with Crippen LogP contribution in [0.3, 0.4) is 0 Å². The van der Waals surface area contributed by atoms with E-state index in [-0.39, 0.29) is 0 Å². The monoisotopic (exact) mass is 367 g/mol. The van der Waals surface area contributed by atoms with Crippen LogP contribution >= 0.6 is 0 Å². The van der Waals surface area contributed by atoms with Crippen LogP contribution in [0.5, 0.6) is 5.75 Å². The zero-order valence-electron chi connectivity index (χ0n) is 17.0. The third kappa shape index (κ3) is 6.33. The standard InChI is InChI=1S/C23H33N3O/c1-19-6-4-8-22(24-19)18-25(2)16-21-7-5-14-26(17-21)15-13-20-9-11-23(27-3)12-10-20/h4,6,8-12,21H,5,7,13-18H2,1-3H3/t21-/m0/s1. The maximum absolute atomic E-state index is 5.24. The predicted molar refractivity (Wildman–Crippen MR) is 111 cm³/mol. The zero-order valence-corrected chi connectivity index (χ0v) is 17.0. The lowest BCUT2D eigenvalue weighted by atomic mass is 9.97. The number of piperidine rings is 1. The van der Waals surface area contributed by atoms with Gasteiger partial charge in [0.2, 0.25) is 0 Å². The van der Waals surface area contributed by atoms with Crippen molar-refractivity contribution in [3.05, 3.63) is 59.4 Å². The molecule has 2 aromatic rings. The molecule has 1 fully saturated rings. The molecule has 0 radical (unpaired) electrons. The first-order valence-electron chi connectivity index (χ1n) is 10.1. The number of benzene rings is 1. The Bertz CT molecular complexity index is 701. The van der Waals surface area contributed by atoms with Crippen LogP contribution in [-0.2, 0) is 13.0 Å². The van der Waals surface area contributed by atoms with Crippen molar-refractivity contribution in [3.63, 3.8) is 0 Å². The van der Waals surface area contributed by atoms with E-state index in [9.17, 15) is 0 Å². The molecule has 4 nitrogen and oxygen atoms in total. The van der Waals surface area contributed by atoms with Gasteiger partial charge >= 0.3 is 0 Å². The first kappa shape index (κ1) is 19.8. The molecule has 1 saturated heterocycles. The lowest BCUT2D eigenvalue weighted by Gasteiger charge is -2.34. The number of hydrogen-bond acceptors (Lipinski definition) is 4. The normalized spacial score (nSPS) is 18.0. The Morgan fingerprint density at radius 1 is 1.19 bits per heavy atom. The molecule has 0 aliphatic carbocycles. The van der Waals surface area contributed by atoms with Crippen molar-refractivity contribution in [1.29, 1.82) is 0 Å². The van der Waals surface area contributed by atoms with Gasteiger partial charge in [-0.1, -0.05) is 18.2 Å². The van der Waals surface area contributed by atoms with E-state index in [0.717, 1.165) is 43.4 Å². The summed E-state index contributed by atoms with van der Waals surface area (Å²) in [5.74, 6) is 1.69. The van der Waals surface area contributed by atoms with E-state index in [1.54, 1.807) is 7.11 Å². The van der Waals surface area contributed by atoms with E-state index >= 15 is 0 Å². The lowest BCUT2D eigenvalue weighted by Crippen LogP contribution is -2.40. The topological polar surface area (TPSA) is 28.6 Å². The van der Waals surface area contributed by atoms with Crippen molar-refractivity contribution in [2.45, 2.75) is 32.7 Å². The molecule has 0 saturated carbocycles. The average molecular weight is 368 g/mol. The molecule has 1 aromatic carbocycles. The largest absolute Gasteiger partial charge is 0.497 e. The number of pyridine rings is 1. The van der Waals surface area contributed by atoms with Gasteiger partial charge in [-0.2, -0.15) is 0 Å². The number of rotatable bonds is 8. The Morgan fingerprint density at radius 2 is 2.00 bits per heavy atom. The number of methoxy groups -OCH3 is 1. The van der Waals surface area contributed by atoms with Crippen LogP contribution in [-0.4, -0.2) is 55.1 Å². The van der Waals surface area contributed by atoms with Crippen molar-refractivity contribution in [2.75, 3.05) is 40.3 Å². The summed E-state index contributed by atoms with van der Waals surface area (Å²) in [6, 6.07) is 14.8. The summed E-state index contributed by atoms with van der Waals surface area (Å²) < 4.78 is 5.24. The fourth-order valence-electron chi connectivity index (χ4n) is 4.05. The maximum atomic E-state index is 5.24. The van der Waals surface area contributed by atoms with E-state index in [1.807, 2.05) is 0 Å². The summed E-state index contributed by atoms with van der Waals surface area (Å²) in [7, 11) is 3.94. The van der Waals surface area contributed by atoms with Gasteiger partial charge in [-0.05, 0) is 75.5 Å². The second kappa shape index (κ2) is 9.86. The van der Waals surface area contributed by atoms with Crippen LogP contribution in [0.15, 0.2) is 42.5 Å². The molecule has 4 heteroatoms. The molecule has 0 spiro atoms. The molecule has 146 valence electrons. The summed E-state index contributed by atoms with van der Waals surface area (Å²) in [6.45, 7) is 7.73. The molecule has 0 bridgehead atoms. The van der Waals surface area contributed by atoms with Crippen molar-refractivity contribution in [1.82, 2.24) is 14.8 Å². The Balaban J connectivity index is 1.44. The van der Waals surface area contributed by atoms with E-state index in [2.05, 4.69) is 71.2 Å². The molecule has 27 heavy (non-hydrogen) atoms. The predicted octanol–water partition coefficient (Wildman–Crippen LogP) is 3.79. The fourth-order valence-corrected chi connectivity index (χ4v) is 4.05. The first-order valence-corrected chi connectivity index (χ1v) is 10.1. The number of ether oxygens (including phenoxy) is 1. The minimum Gasteiger partial charge on any atom is -0.497 e. The average Bonchev–Trinajstić information content (AvgIpc) is 2.67. The highest BCUT2D eigenvalue weighted by Crippen LogP contribution is 2.19.